The Balaban J connectivity index is 2.15. The van der Waals surface area contributed by atoms with Gasteiger partial charge >= 0.3 is 6.18 Å². The highest BCUT2D eigenvalue weighted by Gasteiger charge is 2.33. The van der Waals surface area contributed by atoms with E-state index < -0.39 is 11.9 Å². The van der Waals surface area contributed by atoms with Crippen molar-refractivity contribution in [2.75, 3.05) is 7.05 Å². The van der Waals surface area contributed by atoms with Gasteiger partial charge < -0.3 is 9.73 Å². The summed E-state index contributed by atoms with van der Waals surface area (Å²) in [6, 6.07) is 2.78. The normalized spacial score (nSPS) is 12.1. The van der Waals surface area contributed by atoms with E-state index in [0.29, 0.717) is 12.3 Å². The molecular weight excluding hydrogens is 259 g/mol. The summed E-state index contributed by atoms with van der Waals surface area (Å²) in [6.45, 7) is 2.62. The largest absolute Gasteiger partial charge is 0.465 e. The van der Waals surface area contributed by atoms with Gasteiger partial charge in [-0.2, -0.15) is 18.3 Å². The lowest BCUT2D eigenvalue weighted by Crippen LogP contribution is -2.08. The number of halogens is 3. The summed E-state index contributed by atoms with van der Waals surface area (Å²) in [4.78, 5) is 0. The minimum absolute atomic E-state index is 0.259. The molecule has 0 radical (unpaired) electrons. The Morgan fingerprint density at radius 2 is 2.16 bits per heavy atom. The highest BCUT2D eigenvalue weighted by atomic mass is 19.4. The Morgan fingerprint density at radius 1 is 1.42 bits per heavy atom. The molecule has 2 rings (SSSR count). The minimum Gasteiger partial charge on any atom is -0.465 e. The van der Waals surface area contributed by atoms with Crippen LogP contribution in [0, 0.1) is 6.92 Å². The molecule has 0 aliphatic carbocycles. The van der Waals surface area contributed by atoms with E-state index in [1.165, 1.54) is 10.9 Å². The summed E-state index contributed by atoms with van der Waals surface area (Å²) in [5, 5.41) is 6.46. The molecule has 0 amide bonds. The lowest BCUT2D eigenvalue weighted by Gasteiger charge is -2.02. The quantitative estimate of drug-likeness (QED) is 0.931. The Labute approximate surface area is 108 Å². The molecule has 0 fully saturated rings. The smallest absolute Gasteiger partial charge is 0.435 e. The summed E-state index contributed by atoms with van der Waals surface area (Å²) in [6.07, 6.45) is -3.10. The molecule has 0 atom stereocenters. The van der Waals surface area contributed by atoms with Crippen LogP contribution in [-0.2, 0) is 19.3 Å². The first-order valence-electron chi connectivity index (χ1n) is 5.73. The van der Waals surface area contributed by atoms with E-state index in [-0.39, 0.29) is 6.54 Å². The maximum atomic E-state index is 12.4. The number of nitrogens with one attached hydrogen (secondary N) is 1. The van der Waals surface area contributed by atoms with Crippen molar-refractivity contribution < 1.29 is 17.6 Å². The van der Waals surface area contributed by atoms with E-state index in [9.17, 15) is 13.2 Å². The van der Waals surface area contributed by atoms with Crippen molar-refractivity contribution in [3.05, 3.63) is 41.1 Å². The molecule has 0 aliphatic heterocycles. The Morgan fingerprint density at radius 3 is 2.74 bits per heavy atom. The number of rotatable bonds is 4. The monoisotopic (exact) mass is 273 g/mol. The van der Waals surface area contributed by atoms with E-state index in [4.69, 9.17) is 4.42 Å². The molecule has 2 aromatic rings. The molecule has 0 bridgehead atoms. The van der Waals surface area contributed by atoms with Gasteiger partial charge in [0.15, 0.2) is 5.69 Å². The van der Waals surface area contributed by atoms with Gasteiger partial charge in [-0.1, -0.05) is 0 Å². The highest BCUT2D eigenvalue weighted by Crippen LogP contribution is 2.27. The molecule has 0 aliphatic rings. The van der Waals surface area contributed by atoms with Gasteiger partial charge in [0.1, 0.15) is 11.5 Å². The molecule has 2 heterocycles. The Kier molecular flexibility index (Phi) is 3.66. The predicted molar refractivity (Wildman–Crippen MR) is 62.5 cm³/mol. The molecule has 2 aromatic heterocycles. The van der Waals surface area contributed by atoms with Crippen molar-refractivity contribution in [2.45, 2.75) is 26.2 Å². The van der Waals surface area contributed by atoms with Crippen LogP contribution in [0.5, 0.6) is 0 Å². The fourth-order valence-corrected chi connectivity index (χ4v) is 1.78. The maximum absolute atomic E-state index is 12.4. The van der Waals surface area contributed by atoms with Crippen molar-refractivity contribution >= 4 is 0 Å². The number of furan rings is 1. The lowest BCUT2D eigenvalue weighted by atomic mass is 10.2. The molecule has 19 heavy (non-hydrogen) atoms. The van der Waals surface area contributed by atoms with Gasteiger partial charge in [0, 0.05) is 11.8 Å². The standard InChI is InChI=1S/C12H14F3N3O/c1-8-9(5-10(19-8)6-16-2)7-18-4-3-11(17-18)12(13,14)15/h3-5,16H,6-7H2,1-2H3. The van der Waals surface area contributed by atoms with Crippen molar-refractivity contribution in [1.29, 1.82) is 0 Å². The number of alkyl halides is 3. The first-order chi connectivity index (χ1) is 8.90. The summed E-state index contributed by atoms with van der Waals surface area (Å²) in [5.41, 5.74) is -0.0637. The van der Waals surface area contributed by atoms with Crippen molar-refractivity contribution in [2.24, 2.45) is 0 Å². The zero-order valence-corrected chi connectivity index (χ0v) is 10.6. The van der Waals surface area contributed by atoms with Gasteiger partial charge in [0.05, 0.1) is 13.1 Å². The molecule has 0 spiro atoms. The third-order valence-electron chi connectivity index (χ3n) is 2.69. The van der Waals surface area contributed by atoms with E-state index in [1.807, 2.05) is 6.07 Å². The lowest BCUT2D eigenvalue weighted by molar-refractivity contribution is -0.141. The topological polar surface area (TPSA) is 43.0 Å². The second kappa shape index (κ2) is 5.08. The van der Waals surface area contributed by atoms with Crippen molar-refractivity contribution in [3.8, 4) is 0 Å². The summed E-state index contributed by atoms with van der Waals surface area (Å²) < 4.78 is 44.0. The zero-order chi connectivity index (χ0) is 14.0. The van der Waals surface area contributed by atoms with Gasteiger partial charge in [-0.15, -0.1) is 0 Å². The van der Waals surface area contributed by atoms with Crippen molar-refractivity contribution in [3.63, 3.8) is 0 Å². The molecule has 7 heteroatoms. The first-order valence-corrected chi connectivity index (χ1v) is 5.73. The first kappa shape index (κ1) is 13.7. The Hall–Kier alpha value is -1.76. The van der Waals surface area contributed by atoms with Gasteiger partial charge in [0.25, 0.3) is 0 Å². The molecule has 0 aromatic carbocycles. The SMILES string of the molecule is CNCc1cc(Cn2ccc(C(F)(F)F)n2)c(C)o1. The van der Waals surface area contributed by atoms with Gasteiger partial charge in [-0.05, 0) is 26.1 Å². The molecule has 0 unspecified atom stereocenters. The Bertz CT molecular complexity index is 557. The van der Waals surface area contributed by atoms with Crippen LogP contribution in [0.2, 0.25) is 0 Å². The van der Waals surface area contributed by atoms with Crippen LogP contribution < -0.4 is 5.32 Å². The number of aromatic nitrogens is 2. The van der Waals surface area contributed by atoms with Crippen LogP contribution in [0.25, 0.3) is 0 Å². The molecule has 0 saturated heterocycles. The van der Waals surface area contributed by atoms with E-state index in [1.54, 1.807) is 14.0 Å². The minimum atomic E-state index is -4.41. The second-order valence-electron chi connectivity index (χ2n) is 4.22. The summed E-state index contributed by atoms with van der Waals surface area (Å²) in [7, 11) is 1.79. The second-order valence-corrected chi connectivity index (χ2v) is 4.22. The predicted octanol–water partition coefficient (Wildman–Crippen LogP) is 2.57. The zero-order valence-electron chi connectivity index (χ0n) is 10.6. The van der Waals surface area contributed by atoms with Crippen LogP contribution in [-0.4, -0.2) is 16.8 Å². The third kappa shape index (κ3) is 3.17. The van der Waals surface area contributed by atoms with Gasteiger partial charge in [-0.25, -0.2) is 0 Å². The van der Waals surface area contributed by atoms with E-state index in [2.05, 4.69) is 10.4 Å². The van der Waals surface area contributed by atoms with Crippen LogP contribution >= 0.6 is 0 Å². The molecule has 4 nitrogen and oxygen atoms in total. The number of nitrogens with zero attached hydrogens (tertiary/aromatic N) is 2. The summed E-state index contributed by atoms with van der Waals surface area (Å²) >= 11 is 0. The maximum Gasteiger partial charge on any atom is 0.435 e. The van der Waals surface area contributed by atoms with Crippen molar-refractivity contribution in [1.82, 2.24) is 15.1 Å². The summed E-state index contributed by atoms with van der Waals surface area (Å²) in [5.74, 6) is 1.44. The van der Waals surface area contributed by atoms with Crippen LogP contribution in [0.3, 0.4) is 0 Å². The van der Waals surface area contributed by atoms with Crippen LogP contribution in [0.15, 0.2) is 22.7 Å². The number of hydrogen-bond acceptors (Lipinski definition) is 3. The molecule has 1 N–H and O–H groups in total. The van der Waals surface area contributed by atoms with Gasteiger partial charge in [-0.3, -0.25) is 4.68 Å². The highest BCUT2D eigenvalue weighted by molar-refractivity contribution is 5.21. The number of aryl methyl sites for hydroxylation is 1. The van der Waals surface area contributed by atoms with E-state index >= 15 is 0 Å². The van der Waals surface area contributed by atoms with Crippen LogP contribution in [0.4, 0.5) is 13.2 Å². The fraction of sp³-hybridized carbons (Fsp3) is 0.417. The molecule has 0 saturated carbocycles. The fourth-order valence-electron chi connectivity index (χ4n) is 1.78. The average Bonchev–Trinajstić information content (AvgIpc) is 2.87. The third-order valence-corrected chi connectivity index (χ3v) is 2.69. The van der Waals surface area contributed by atoms with E-state index in [0.717, 1.165) is 17.4 Å². The van der Waals surface area contributed by atoms with Gasteiger partial charge in [0.2, 0.25) is 0 Å². The van der Waals surface area contributed by atoms with Crippen LogP contribution in [0.1, 0.15) is 22.8 Å². The molecular formula is C12H14F3N3O. The average molecular weight is 273 g/mol. The molecule has 104 valence electrons. The number of hydrogen-bond donors (Lipinski definition) is 1.